The fourth-order valence-electron chi connectivity index (χ4n) is 4.30. The van der Waals surface area contributed by atoms with Crippen molar-refractivity contribution >= 4 is 17.5 Å². The molecule has 2 aliphatic heterocycles. The first-order valence-corrected chi connectivity index (χ1v) is 9.83. The molecule has 1 aromatic heterocycles. The van der Waals surface area contributed by atoms with Crippen LogP contribution in [0.1, 0.15) is 30.5 Å². The van der Waals surface area contributed by atoms with E-state index in [0.717, 1.165) is 42.0 Å². The van der Waals surface area contributed by atoms with Gasteiger partial charge >= 0.3 is 0 Å². The zero-order chi connectivity index (χ0) is 19.5. The normalized spacial score (nSPS) is 21.6. The number of amides is 2. The first-order valence-electron chi connectivity index (χ1n) is 9.83. The Morgan fingerprint density at radius 1 is 1.29 bits per heavy atom. The molecule has 1 saturated heterocycles. The minimum Gasteiger partial charge on any atom is -0.497 e. The van der Waals surface area contributed by atoms with E-state index in [1.165, 1.54) is 0 Å². The minimum absolute atomic E-state index is 0.000188. The maximum atomic E-state index is 13.0. The van der Waals surface area contributed by atoms with Crippen molar-refractivity contribution in [1.29, 1.82) is 0 Å². The standard InChI is InChI=1S/C22H25N3O3/c1-28-17-8-9-19-15(12-17)13-18(22(27)24-19)20-7-3-5-11-25(20)21(26)14-16-6-2-4-10-23-16/h2,4,6,8-10,12,18,20H,3,5,7,11,13-14H2,1H3,(H,24,27)/t18-,20-/m0/s1. The summed E-state index contributed by atoms with van der Waals surface area (Å²) >= 11 is 0. The molecule has 3 heterocycles. The number of hydrogen-bond acceptors (Lipinski definition) is 4. The zero-order valence-electron chi connectivity index (χ0n) is 16.1. The quantitative estimate of drug-likeness (QED) is 0.887. The molecule has 2 aliphatic rings. The number of hydrogen-bond donors (Lipinski definition) is 1. The molecular formula is C22H25N3O3. The lowest BCUT2D eigenvalue weighted by Gasteiger charge is -2.41. The van der Waals surface area contributed by atoms with Crippen LogP contribution < -0.4 is 10.1 Å². The van der Waals surface area contributed by atoms with E-state index in [9.17, 15) is 9.59 Å². The molecular weight excluding hydrogens is 354 g/mol. The van der Waals surface area contributed by atoms with Gasteiger partial charge in [0.1, 0.15) is 5.75 Å². The number of fused-ring (bicyclic) bond motifs is 1. The average molecular weight is 379 g/mol. The van der Waals surface area contributed by atoms with E-state index in [-0.39, 0.29) is 30.2 Å². The van der Waals surface area contributed by atoms with Crippen LogP contribution in [0.5, 0.6) is 5.75 Å². The number of nitrogens with zero attached hydrogens (tertiary/aromatic N) is 2. The highest BCUT2D eigenvalue weighted by Crippen LogP contribution is 2.34. The van der Waals surface area contributed by atoms with E-state index < -0.39 is 0 Å². The number of benzene rings is 1. The summed E-state index contributed by atoms with van der Waals surface area (Å²) in [5, 5.41) is 3.02. The molecule has 2 atom stereocenters. The number of carbonyl (C=O) groups is 2. The SMILES string of the molecule is COc1ccc2c(c1)C[C@@H]([C@@H]1CCCCN1C(=O)Cc1ccccn1)C(=O)N2. The van der Waals surface area contributed by atoms with Crippen LogP contribution in [-0.4, -0.2) is 41.4 Å². The van der Waals surface area contributed by atoms with E-state index in [0.29, 0.717) is 13.0 Å². The van der Waals surface area contributed by atoms with Gasteiger partial charge in [-0.15, -0.1) is 0 Å². The number of aromatic nitrogens is 1. The molecule has 1 fully saturated rings. The molecule has 0 spiro atoms. The van der Waals surface area contributed by atoms with Crippen molar-refractivity contribution in [3.8, 4) is 5.75 Å². The van der Waals surface area contributed by atoms with E-state index >= 15 is 0 Å². The second kappa shape index (κ2) is 8.00. The Morgan fingerprint density at radius 3 is 2.96 bits per heavy atom. The van der Waals surface area contributed by atoms with Crippen LogP contribution in [0.2, 0.25) is 0 Å². The lowest BCUT2D eigenvalue weighted by atomic mass is 9.82. The topological polar surface area (TPSA) is 71.5 Å². The van der Waals surface area contributed by atoms with Gasteiger partial charge in [-0.05, 0) is 61.6 Å². The summed E-state index contributed by atoms with van der Waals surface area (Å²) in [5.41, 5.74) is 2.66. The molecule has 0 aliphatic carbocycles. The maximum absolute atomic E-state index is 13.0. The smallest absolute Gasteiger partial charge is 0.229 e. The zero-order valence-corrected chi connectivity index (χ0v) is 16.1. The first kappa shape index (κ1) is 18.5. The maximum Gasteiger partial charge on any atom is 0.229 e. The second-order valence-corrected chi connectivity index (χ2v) is 7.47. The van der Waals surface area contributed by atoms with Crippen molar-refractivity contribution in [3.05, 3.63) is 53.9 Å². The molecule has 0 bridgehead atoms. The number of rotatable bonds is 4. The van der Waals surface area contributed by atoms with Crippen molar-refractivity contribution in [2.75, 3.05) is 19.0 Å². The third-order valence-electron chi connectivity index (χ3n) is 5.74. The summed E-state index contributed by atoms with van der Waals surface area (Å²) in [6, 6.07) is 11.2. The van der Waals surface area contributed by atoms with Crippen LogP contribution in [0, 0.1) is 5.92 Å². The van der Waals surface area contributed by atoms with Gasteiger partial charge in [0.2, 0.25) is 11.8 Å². The van der Waals surface area contributed by atoms with Crippen molar-refractivity contribution in [3.63, 3.8) is 0 Å². The van der Waals surface area contributed by atoms with Gasteiger partial charge in [-0.1, -0.05) is 6.07 Å². The number of ether oxygens (including phenoxy) is 1. The summed E-state index contributed by atoms with van der Waals surface area (Å²) in [5.74, 6) is 0.584. The van der Waals surface area contributed by atoms with Gasteiger partial charge < -0.3 is 15.0 Å². The van der Waals surface area contributed by atoms with Gasteiger partial charge in [0.05, 0.1) is 19.4 Å². The number of nitrogens with one attached hydrogen (secondary N) is 1. The summed E-state index contributed by atoms with van der Waals surface area (Å²) in [7, 11) is 1.64. The lowest BCUT2D eigenvalue weighted by molar-refractivity contribution is -0.137. The van der Waals surface area contributed by atoms with E-state index in [1.807, 2.05) is 41.3 Å². The van der Waals surface area contributed by atoms with Gasteiger partial charge in [0, 0.05) is 30.2 Å². The number of pyridine rings is 1. The van der Waals surface area contributed by atoms with Crippen molar-refractivity contribution in [1.82, 2.24) is 9.88 Å². The highest BCUT2D eigenvalue weighted by atomic mass is 16.5. The highest BCUT2D eigenvalue weighted by Gasteiger charge is 2.39. The molecule has 2 amide bonds. The van der Waals surface area contributed by atoms with Gasteiger partial charge in [0.15, 0.2) is 0 Å². The first-order chi connectivity index (χ1) is 13.7. The predicted octanol–water partition coefficient (Wildman–Crippen LogP) is 2.82. The molecule has 1 aromatic carbocycles. The summed E-state index contributed by atoms with van der Waals surface area (Å²) < 4.78 is 5.33. The molecule has 2 aromatic rings. The van der Waals surface area contributed by atoms with Crippen molar-refractivity contribution in [2.45, 2.75) is 38.1 Å². The summed E-state index contributed by atoms with van der Waals surface area (Å²) in [6.45, 7) is 0.699. The number of methoxy groups -OCH3 is 1. The van der Waals surface area contributed by atoms with E-state index in [4.69, 9.17) is 4.74 Å². The highest BCUT2D eigenvalue weighted by molar-refractivity contribution is 5.96. The van der Waals surface area contributed by atoms with Crippen LogP contribution >= 0.6 is 0 Å². The Bertz CT molecular complexity index is 869. The van der Waals surface area contributed by atoms with Crippen molar-refractivity contribution in [2.24, 2.45) is 5.92 Å². The summed E-state index contributed by atoms with van der Waals surface area (Å²) in [6.07, 6.45) is 5.46. The Morgan fingerprint density at radius 2 is 2.18 bits per heavy atom. The van der Waals surface area contributed by atoms with Crippen LogP contribution in [0.15, 0.2) is 42.6 Å². The van der Waals surface area contributed by atoms with Crippen LogP contribution in [0.25, 0.3) is 0 Å². The van der Waals surface area contributed by atoms with Gasteiger partial charge in [-0.25, -0.2) is 0 Å². The van der Waals surface area contributed by atoms with Crippen LogP contribution in [0.4, 0.5) is 5.69 Å². The minimum atomic E-state index is -0.243. The number of carbonyl (C=O) groups excluding carboxylic acids is 2. The lowest BCUT2D eigenvalue weighted by Crippen LogP contribution is -2.52. The van der Waals surface area contributed by atoms with E-state index in [1.54, 1.807) is 13.3 Å². The molecule has 6 nitrogen and oxygen atoms in total. The Kier molecular flexibility index (Phi) is 5.28. The fourth-order valence-corrected chi connectivity index (χ4v) is 4.30. The van der Waals surface area contributed by atoms with Gasteiger partial charge in [-0.3, -0.25) is 14.6 Å². The molecule has 0 unspecified atom stereocenters. The number of likely N-dealkylation sites (tertiary alicyclic amines) is 1. The average Bonchev–Trinajstić information content (AvgIpc) is 2.73. The molecule has 6 heteroatoms. The Labute approximate surface area is 164 Å². The number of piperidine rings is 1. The Hall–Kier alpha value is -2.89. The second-order valence-electron chi connectivity index (χ2n) is 7.47. The Balaban J connectivity index is 1.55. The van der Waals surface area contributed by atoms with Gasteiger partial charge in [-0.2, -0.15) is 0 Å². The van der Waals surface area contributed by atoms with Crippen LogP contribution in [0.3, 0.4) is 0 Å². The molecule has 0 radical (unpaired) electrons. The molecule has 1 N–H and O–H groups in total. The molecule has 146 valence electrons. The van der Waals surface area contributed by atoms with Crippen molar-refractivity contribution < 1.29 is 14.3 Å². The third-order valence-corrected chi connectivity index (χ3v) is 5.74. The largest absolute Gasteiger partial charge is 0.497 e. The van der Waals surface area contributed by atoms with E-state index in [2.05, 4.69) is 10.3 Å². The molecule has 0 saturated carbocycles. The summed E-state index contributed by atoms with van der Waals surface area (Å²) in [4.78, 5) is 32.0. The monoisotopic (exact) mass is 379 g/mol. The number of anilines is 1. The fraction of sp³-hybridized carbons (Fsp3) is 0.409. The van der Waals surface area contributed by atoms with Crippen LogP contribution in [-0.2, 0) is 22.4 Å². The molecule has 4 rings (SSSR count). The third kappa shape index (κ3) is 3.72. The molecule has 28 heavy (non-hydrogen) atoms. The predicted molar refractivity (Wildman–Crippen MR) is 106 cm³/mol. The van der Waals surface area contributed by atoms with Gasteiger partial charge in [0.25, 0.3) is 0 Å².